The van der Waals surface area contributed by atoms with Crippen molar-refractivity contribution in [2.24, 2.45) is 5.73 Å². The lowest BCUT2D eigenvalue weighted by molar-refractivity contribution is 0.412. The van der Waals surface area contributed by atoms with Crippen LogP contribution in [0.2, 0.25) is 0 Å². The number of aromatic nitrogens is 1. The molecule has 5 heteroatoms. The topological polar surface area (TPSA) is 48.1 Å². The molecule has 2 aromatic rings. The summed E-state index contributed by atoms with van der Waals surface area (Å²) in [6, 6.07) is 6.11. The average molecular weight is 311 g/mol. The van der Waals surface area contributed by atoms with Gasteiger partial charge in [-0.15, -0.1) is 0 Å². The van der Waals surface area contributed by atoms with Gasteiger partial charge in [0.2, 0.25) is 0 Å². The maximum absolute atomic E-state index is 13.5. The lowest BCUT2D eigenvalue weighted by Gasteiger charge is -2.15. The van der Waals surface area contributed by atoms with Gasteiger partial charge in [0, 0.05) is 6.20 Å². The number of hydrogen-bond donors (Lipinski definition) is 1. The molecule has 0 aliphatic rings. The van der Waals surface area contributed by atoms with Crippen LogP contribution in [0.4, 0.5) is 4.39 Å². The predicted octanol–water partition coefficient (Wildman–Crippen LogP) is 3.04. The van der Waals surface area contributed by atoms with E-state index in [0.29, 0.717) is 15.8 Å². The monoisotopic (exact) mass is 310 g/mol. The average Bonchev–Trinajstić information content (AvgIpc) is 2.41. The summed E-state index contributed by atoms with van der Waals surface area (Å²) in [6.45, 7) is 0. The molecule has 0 radical (unpaired) electrons. The Labute approximate surface area is 113 Å². The van der Waals surface area contributed by atoms with Gasteiger partial charge in [0.25, 0.3) is 0 Å². The first-order valence-corrected chi connectivity index (χ1v) is 6.11. The molecule has 1 aromatic heterocycles. The van der Waals surface area contributed by atoms with Crippen LogP contribution in [0.15, 0.2) is 41.1 Å². The molecule has 0 fully saturated rings. The first-order valence-electron chi connectivity index (χ1n) is 5.32. The first-order chi connectivity index (χ1) is 8.63. The molecule has 0 saturated carbocycles. The van der Waals surface area contributed by atoms with Crippen molar-refractivity contribution in [3.63, 3.8) is 0 Å². The van der Waals surface area contributed by atoms with Gasteiger partial charge < -0.3 is 10.5 Å². The molecule has 0 bridgehead atoms. The van der Waals surface area contributed by atoms with Crippen LogP contribution in [0.1, 0.15) is 17.2 Å². The van der Waals surface area contributed by atoms with Crippen LogP contribution in [0.25, 0.3) is 0 Å². The van der Waals surface area contributed by atoms with E-state index in [1.807, 2.05) is 0 Å². The molecule has 0 amide bonds. The molecule has 0 saturated heterocycles. The normalized spacial score (nSPS) is 12.2. The largest absolute Gasteiger partial charge is 0.495 e. The summed E-state index contributed by atoms with van der Waals surface area (Å²) in [4.78, 5) is 4.04. The molecule has 1 aromatic carbocycles. The summed E-state index contributed by atoms with van der Waals surface area (Å²) in [6.07, 6.45) is 3.24. The van der Waals surface area contributed by atoms with E-state index in [0.717, 1.165) is 5.56 Å². The van der Waals surface area contributed by atoms with E-state index in [9.17, 15) is 4.39 Å². The van der Waals surface area contributed by atoms with E-state index >= 15 is 0 Å². The number of hydrogen-bond acceptors (Lipinski definition) is 3. The third-order valence-corrected chi connectivity index (χ3v) is 3.48. The van der Waals surface area contributed by atoms with Crippen molar-refractivity contribution < 1.29 is 9.13 Å². The zero-order chi connectivity index (χ0) is 13.1. The minimum absolute atomic E-state index is 0.334. The molecule has 1 atom stereocenters. The Hall–Kier alpha value is -1.46. The Kier molecular flexibility index (Phi) is 3.93. The number of halogens is 2. The van der Waals surface area contributed by atoms with Crippen molar-refractivity contribution in [2.75, 3.05) is 7.11 Å². The molecule has 0 aliphatic heterocycles. The maximum atomic E-state index is 13.5. The van der Waals surface area contributed by atoms with Crippen molar-refractivity contribution >= 4 is 15.9 Å². The van der Waals surface area contributed by atoms with E-state index in [2.05, 4.69) is 20.9 Å². The molecular weight excluding hydrogens is 299 g/mol. The van der Waals surface area contributed by atoms with Gasteiger partial charge in [-0.3, -0.25) is 4.98 Å². The predicted molar refractivity (Wildman–Crippen MR) is 70.9 cm³/mol. The summed E-state index contributed by atoms with van der Waals surface area (Å²) in [7, 11) is 1.56. The fourth-order valence-corrected chi connectivity index (χ4v) is 2.17. The Balaban J connectivity index is 2.41. The second-order valence-electron chi connectivity index (χ2n) is 3.78. The molecule has 18 heavy (non-hydrogen) atoms. The van der Waals surface area contributed by atoms with Crippen LogP contribution in [0, 0.1) is 5.82 Å². The standard InChI is InChI=1S/C13H12BrFN2O/c1-18-9-5-8(6-17-7-9)13(16)10-3-2-4-11(15)12(10)14/h2-7,13H,16H2,1H3. The number of nitrogens with two attached hydrogens (primary N) is 1. The van der Waals surface area contributed by atoms with Crippen molar-refractivity contribution in [3.05, 3.63) is 58.1 Å². The highest BCUT2D eigenvalue weighted by molar-refractivity contribution is 9.10. The maximum Gasteiger partial charge on any atom is 0.137 e. The van der Waals surface area contributed by atoms with Crippen LogP contribution in [0.3, 0.4) is 0 Å². The van der Waals surface area contributed by atoms with E-state index in [1.54, 1.807) is 37.7 Å². The number of rotatable bonds is 3. The van der Waals surface area contributed by atoms with E-state index in [1.165, 1.54) is 6.07 Å². The van der Waals surface area contributed by atoms with Crippen molar-refractivity contribution in [2.45, 2.75) is 6.04 Å². The van der Waals surface area contributed by atoms with Gasteiger partial charge in [0.15, 0.2) is 0 Å². The van der Waals surface area contributed by atoms with Gasteiger partial charge in [0.05, 0.1) is 23.8 Å². The highest BCUT2D eigenvalue weighted by Gasteiger charge is 2.15. The van der Waals surface area contributed by atoms with E-state index in [4.69, 9.17) is 10.5 Å². The van der Waals surface area contributed by atoms with Gasteiger partial charge in [-0.1, -0.05) is 12.1 Å². The van der Waals surface area contributed by atoms with Crippen LogP contribution in [0.5, 0.6) is 5.75 Å². The summed E-state index contributed by atoms with van der Waals surface area (Å²) in [5.41, 5.74) is 7.55. The van der Waals surface area contributed by atoms with Gasteiger partial charge in [0.1, 0.15) is 11.6 Å². The molecular formula is C13H12BrFN2O. The molecule has 2 rings (SSSR count). The smallest absolute Gasteiger partial charge is 0.137 e. The molecule has 1 heterocycles. The van der Waals surface area contributed by atoms with Gasteiger partial charge in [-0.2, -0.15) is 0 Å². The van der Waals surface area contributed by atoms with Crippen molar-refractivity contribution in [1.82, 2.24) is 4.98 Å². The quantitative estimate of drug-likeness (QED) is 0.948. The van der Waals surface area contributed by atoms with Crippen molar-refractivity contribution in [3.8, 4) is 5.75 Å². The second kappa shape index (κ2) is 5.46. The van der Waals surface area contributed by atoms with Gasteiger partial charge in [-0.25, -0.2) is 4.39 Å². The molecule has 3 nitrogen and oxygen atoms in total. The second-order valence-corrected chi connectivity index (χ2v) is 4.57. The lowest BCUT2D eigenvalue weighted by atomic mass is 10.0. The highest BCUT2D eigenvalue weighted by Crippen LogP contribution is 2.29. The fourth-order valence-electron chi connectivity index (χ4n) is 1.66. The minimum atomic E-state index is -0.460. The SMILES string of the molecule is COc1cncc(C(N)c2cccc(F)c2Br)c1. The third kappa shape index (κ3) is 2.52. The fraction of sp³-hybridized carbons (Fsp3) is 0.154. The van der Waals surface area contributed by atoms with Gasteiger partial charge >= 0.3 is 0 Å². The van der Waals surface area contributed by atoms with Crippen LogP contribution >= 0.6 is 15.9 Å². The number of benzene rings is 1. The van der Waals surface area contributed by atoms with Crippen LogP contribution in [-0.2, 0) is 0 Å². The Morgan fingerprint density at radius 3 is 2.89 bits per heavy atom. The lowest BCUT2D eigenvalue weighted by Crippen LogP contribution is -2.13. The summed E-state index contributed by atoms with van der Waals surface area (Å²) < 4.78 is 18.9. The van der Waals surface area contributed by atoms with E-state index < -0.39 is 6.04 Å². The number of ether oxygens (including phenoxy) is 1. The Morgan fingerprint density at radius 2 is 2.17 bits per heavy atom. The number of nitrogens with zero attached hydrogens (tertiary/aromatic N) is 1. The summed E-state index contributed by atoms with van der Waals surface area (Å²) in [5.74, 6) is 0.286. The van der Waals surface area contributed by atoms with Crippen molar-refractivity contribution in [1.29, 1.82) is 0 Å². The molecule has 2 N–H and O–H groups in total. The van der Waals surface area contributed by atoms with Crippen LogP contribution in [-0.4, -0.2) is 12.1 Å². The van der Waals surface area contributed by atoms with Gasteiger partial charge in [-0.05, 0) is 39.2 Å². The summed E-state index contributed by atoms with van der Waals surface area (Å²) in [5, 5.41) is 0. The zero-order valence-corrected chi connectivity index (χ0v) is 11.3. The first kappa shape index (κ1) is 13.0. The minimum Gasteiger partial charge on any atom is -0.495 e. The Morgan fingerprint density at radius 1 is 1.39 bits per heavy atom. The highest BCUT2D eigenvalue weighted by atomic mass is 79.9. The van der Waals surface area contributed by atoms with E-state index in [-0.39, 0.29) is 5.82 Å². The molecule has 0 spiro atoms. The zero-order valence-electron chi connectivity index (χ0n) is 9.73. The summed E-state index contributed by atoms with van der Waals surface area (Å²) >= 11 is 3.21. The molecule has 94 valence electrons. The Bertz CT molecular complexity index is 562. The van der Waals surface area contributed by atoms with Crippen LogP contribution < -0.4 is 10.5 Å². The third-order valence-electron chi connectivity index (χ3n) is 2.65. The number of methoxy groups -OCH3 is 1. The molecule has 1 unspecified atom stereocenters. The number of pyridine rings is 1. The molecule has 0 aliphatic carbocycles.